The standard InChI is InChI=1S/C23H27N3/c1-14-9-18-20-13-25(4)8-6-21(20)26-12-15(2)22(19(10-14)23(18)26)17-5-7-24-16(3)11-17/h5,7,9-11,15,22H,6,8,12-13H2,1-4H3. The van der Waals surface area contributed by atoms with Crippen LogP contribution in [0, 0.1) is 19.8 Å². The first-order valence-corrected chi connectivity index (χ1v) is 9.78. The van der Waals surface area contributed by atoms with E-state index in [1.807, 2.05) is 6.20 Å². The van der Waals surface area contributed by atoms with Gasteiger partial charge in [0.15, 0.2) is 0 Å². The Morgan fingerprint density at radius 1 is 1.15 bits per heavy atom. The number of hydrogen-bond donors (Lipinski definition) is 0. The first-order chi connectivity index (χ1) is 12.5. The molecule has 3 aromatic rings. The third-order valence-electron chi connectivity index (χ3n) is 6.37. The molecular formula is C23H27N3. The van der Waals surface area contributed by atoms with Crippen LogP contribution in [0.25, 0.3) is 10.9 Å². The van der Waals surface area contributed by atoms with Crippen molar-refractivity contribution in [1.29, 1.82) is 0 Å². The van der Waals surface area contributed by atoms with Gasteiger partial charge in [0.2, 0.25) is 0 Å². The Balaban J connectivity index is 1.80. The highest BCUT2D eigenvalue weighted by molar-refractivity contribution is 5.90. The van der Waals surface area contributed by atoms with Gasteiger partial charge in [-0.3, -0.25) is 4.98 Å². The van der Waals surface area contributed by atoms with E-state index in [0.717, 1.165) is 18.8 Å². The minimum atomic E-state index is 0.459. The van der Waals surface area contributed by atoms with Crippen LogP contribution in [0.1, 0.15) is 46.5 Å². The van der Waals surface area contributed by atoms with Gasteiger partial charge in [0.05, 0.1) is 5.52 Å². The van der Waals surface area contributed by atoms with E-state index in [4.69, 9.17) is 0 Å². The van der Waals surface area contributed by atoms with Crippen molar-refractivity contribution >= 4 is 10.9 Å². The fraction of sp³-hybridized carbons (Fsp3) is 0.435. The summed E-state index contributed by atoms with van der Waals surface area (Å²) in [4.78, 5) is 6.88. The molecule has 2 unspecified atom stereocenters. The summed E-state index contributed by atoms with van der Waals surface area (Å²) in [6.07, 6.45) is 3.14. The molecule has 0 aliphatic carbocycles. The van der Waals surface area contributed by atoms with Crippen molar-refractivity contribution in [2.45, 2.75) is 46.2 Å². The third kappa shape index (κ3) is 2.26. The van der Waals surface area contributed by atoms with Crippen LogP contribution >= 0.6 is 0 Å². The molecule has 0 fully saturated rings. The van der Waals surface area contributed by atoms with Crippen molar-refractivity contribution in [3.63, 3.8) is 0 Å². The van der Waals surface area contributed by atoms with Crippen LogP contribution in [0.2, 0.25) is 0 Å². The van der Waals surface area contributed by atoms with E-state index in [1.54, 1.807) is 11.3 Å². The van der Waals surface area contributed by atoms with Gasteiger partial charge in [-0.1, -0.05) is 18.6 Å². The zero-order chi connectivity index (χ0) is 18.0. The summed E-state index contributed by atoms with van der Waals surface area (Å²) in [7, 11) is 2.24. The molecule has 1 aromatic carbocycles. The average Bonchev–Trinajstić information content (AvgIpc) is 2.88. The van der Waals surface area contributed by atoms with Crippen molar-refractivity contribution in [3.05, 3.63) is 64.1 Å². The normalized spacial score (nSPS) is 22.6. The van der Waals surface area contributed by atoms with E-state index >= 15 is 0 Å². The minimum Gasteiger partial charge on any atom is -0.344 e. The van der Waals surface area contributed by atoms with Crippen molar-refractivity contribution in [1.82, 2.24) is 14.5 Å². The van der Waals surface area contributed by atoms with E-state index in [9.17, 15) is 0 Å². The Morgan fingerprint density at radius 3 is 2.81 bits per heavy atom. The number of likely N-dealkylation sites (N-methyl/N-ethyl adjacent to an activating group) is 1. The van der Waals surface area contributed by atoms with Crippen LogP contribution in [0.4, 0.5) is 0 Å². The average molecular weight is 345 g/mol. The summed E-state index contributed by atoms with van der Waals surface area (Å²) in [6.45, 7) is 10.1. The molecule has 0 spiro atoms. The summed E-state index contributed by atoms with van der Waals surface area (Å²) in [5.41, 5.74) is 10.1. The molecule has 3 heteroatoms. The lowest BCUT2D eigenvalue weighted by molar-refractivity contribution is 0.305. The highest BCUT2D eigenvalue weighted by Crippen LogP contribution is 2.45. The number of nitrogens with zero attached hydrogens (tertiary/aromatic N) is 3. The molecule has 0 bridgehead atoms. The van der Waals surface area contributed by atoms with Crippen molar-refractivity contribution in [2.24, 2.45) is 5.92 Å². The maximum absolute atomic E-state index is 4.42. The van der Waals surface area contributed by atoms with Crippen LogP contribution in [0.5, 0.6) is 0 Å². The third-order valence-corrected chi connectivity index (χ3v) is 6.37. The van der Waals surface area contributed by atoms with Crippen LogP contribution in [0.15, 0.2) is 30.5 Å². The molecule has 26 heavy (non-hydrogen) atoms. The van der Waals surface area contributed by atoms with E-state index in [0.29, 0.717) is 11.8 Å². The Morgan fingerprint density at radius 2 is 2.00 bits per heavy atom. The van der Waals surface area contributed by atoms with Crippen LogP contribution in [0.3, 0.4) is 0 Å². The van der Waals surface area contributed by atoms with E-state index < -0.39 is 0 Å². The van der Waals surface area contributed by atoms with Crippen LogP contribution in [-0.2, 0) is 19.5 Å². The highest BCUT2D eigenvalue weighted by Gasteiger charge is 2.34. The molecule has 134 valence electrons. The Labute approximate surface area is 155 Å². The molecule has 2 aliphatic rings. The molecule has 2 aliphatic heterocycles. The maximum atomic E-state index is 4.42. The summed E-state index contributed by atoms with van der Waals surface area (Å²) in [5.74, 6) is 1.05. The second-order valence-corrected chi connectivity index (χ2v) is 8.46. The van der Waals surface area contributed by atoms with Crippen LogP contribution in [-0.4, -0.2) is 28.0 Å². The smallest absolute Gasteiger partial charge is 0.0525 e. The van der Waals surface area contributed by atoms with Gasteiger partial charge in [-0.05, 0) is 61.7 Å². The maximum Gasteiger partial charge on any atom is 0.0525 e. The van der Waals surface area contributed by atoms with Gasteiger partial charge in [0, 0.05) is 54.9 Å². The molecule has 3 nitrogen and oxygen atoms in total. The fourth-order valence-electron chi connectivity index (χ4n) is 5.31. The predicted molar refractivity (Wildman–Crippen MR) is 107 cm³/mol. The summed E-state index contributed by atoms with van der Waals surface area (Å²) < 4.78 is 2.65. The molecule has 0 saturated carbocycles. The van der Waals surface area contributed by atoms with Gasteiger partial charge in [-0.25, -0.2) is 0 Å². The number of hydrogen-bond acceptors (Lipinski definition) is 2. The number of pyridine rings is 1. The molecule has 0 amide bonds. The van der Waals surface area contributed by atoms with Gasteiger partial charge in [0.25, 0.3) is 0 Å². The van der Waals surface area contributed by atoms with Gasteiger partial charge in [0.1, 0.15) is 0 Å². The topological polar surface area (TPSA) is 21.1 Å². The Bertz CT molecular complexity index is 1010. The van der Waals surface area contributed by atoms with Crippen molar-refractivity contribution < 1.29 is 0 Å². The number of aromatic nitrogens is 2. The SMILES string of the molecule is Cc1cc2c3c(c1)c1c(n3CC(C)C2c2ccnc(C)c2)CCN(C)C1. The Kier molecular flexibility index (Phi) is 3.51. The number of rotatable bonds is 1. The highest BCUT2D eigenvalue weighted by atomic mass is 15.1. The van der Waals surface area contributed by atoms with Gasteiger partial charge in [-0.2, -0.15) is 0 Å². The second-order valence-electron chi connectivity index (χ2n) is 8.46. The number of benzene rings is 1. The summed E-state index contributed by atoms with van der Waals surface area (Å²) >= 11 is 0. The second kappa shape index (κ2) is 5.68. The van der Waals surface area contributed by atoms with E-state index in [-0.39, 0.29) is 0 Å². The lowest BCUT2D eigenvalue weighted by atomic mass is 9.78. The fourth-order valence-corrected chi connectivity index (χ4v) is 5.31. The molecule has 0 radical (unpaired) electrons. The van der Waals surface area contributed by atoms with E-state index in [2.05, 4.69) is 66.5 Å². The lowest BCUT2D eigenvalue weighted by Gasteiger charge is -2.33. The van der Waals surface area contributed by atoms with Gasteiger partial charge >= 0.3 is 0 Å². The monoisotopic (exact) mass is 345 g/mol. The zero-order valence-electron chi connectivity index (χ0n) is 16.2. The zero-order valence-corrected chi connectivity index (χ0v) is 16.2. The molecule has 2 aromatic heterocycles. The largest absolute Gasteiger partial charge is 0.344 e. The molecule has 2 atom stereocenters. The van der Waals surface area contributed by atoms with Gasteiger partial charge in [-0.15, -0.1) is 0 Å². The van der Waals surface area contributed by atoms with Crippen LogP contribution < -0.4 is 0 Å². The minimum absolute atomic E-state index is 0.459. The van der Waals surface area contributed by atoms with Gasteiger partial charge < -0.3 is 9.47 Å². The summed E-state index contributed by atoms with van der Waals surface area (Å²) in [6, 6.07) is 9.35. The van der Waals surface area contributed by atoms with Crippen molar-refractivity contribution in [2.75, 3.05) is 13.6 Å². The number of aryl methyl sites for hydroxylation is 2. The molecule has 4 heterocycles. The van der Waals surface area contributed by atoms with E-state index in [1.165, 1.54) is 40.6 Å². The van der Waals surface area contributed by atoms with Crippen molar-refractivity contribution in [3.8, 4) is 0 Å². The first-order valence-electron chi connectivity index (χ1n) is 9.78. The molecule has 0 N–H and O–H groups in total. The molecular weight excluding hydrogens is 318 g/mol. The Hall–Kier alpha value is -2.13. The quantitative estimate of drug-likeness (QED) is 0.651. The first kappa shape index (κ1) is 16.1. The summed E-state index contributed by atoms with van der Waals surface area (Å²) in [5, 5.41) is 1.49. The predicted octanol–water partition coefficient (Wildman–Crippen LogP) is 4.42. The molecule has 0 saturated heterocycles. The number of fused-ring (bicyclic) bond motifs is 3. The molecule has 5 rings (SSSR count). The lowest BCUT2D eigenvalue weighted by Crippen LogP contribution is -2.29.